The minimum absolute atomic E-state index is 0.572. The number of nitrogens with zero attached hydrogens (tertiary/aromatic N) is 3. The summed E-state index contributed by atoms with van der Waals surface area (Å²) in [4.78, 5) is 11.1. The molecule has 2 N–H and O–H groups in total. The fourth-order valence-electron chi connectivity index (χ4n) is 2.27. The molecule has 0 aliphatic carbocycles. The summed E-state index contributed by atoms with van der Waals surface area (Å²) in [6.45, 7) is 9.02. The van der Waals surface area contributed by atoms with E-state index in [-0.39, 0.29) is 0 Å². The third kappa shape index (κ3) is 9.58. The first-order valence-electron chi connectivity index (χ1n) is 9.47. The quantitative estimate of drug-likeness (QED) is 0.317. The van der Waals surface area contributed by atoms with E-state index in [1.165, 1.54) is 0 Å². The maximum Gasteiger partial charge on any atom is 0.191 e. The molecule has 1 aromatic heterocycles. The van der Waals surface area contributed by atoms with E-state index in [0.29, 0.717) is 32.9 Å². The van der Waals surface area contributed by atoms with E-state index in [4.69, 9.17) is 9.47 Å². The number of pyridine rings is 1. The highest BCUT2D eigenvalue weighted by Gasteiger charge is 2.05. The van der Waals surface area contributed by atoms with E-state index >= 15 is 0 Å². The van der Waals surface area contributed by atoms with Crippen molar-refractivity contribution >= 4 is 11.8 Å². The van der Waals surface area contributed by atoms with Gasteiger partial charge in [0.1, 0.15) is 5.82 Å². The zero-order valence-electron chi connectivity index (χ0n) is 16.8. The van der Waals surface area contributed by atoms with Gasteiger partial charge in [0.2, 0.25) is 0 Å². The highest BCUT2D eigenvalue weighted by atomic mass is 16.5. The molecular weight excluding hydrogens is 330 g/mol. The zero-order chi connectivity index (χ0) is 19.0. The molecule has 0 spiro atoms. The Balaban J connectivity index is 2.33. The first-order valence-corrected chi connectivity index (χ1v) is 9.47. The maximum absolute atomic E-state index is 5.57. The van der Waals surface area contributed by atoms with Gasteiger partial charge in [-0.2, -0.15) is 0 Å². The first kappa shape index (κ1) is 22.2. The third-order valence-corrected chi connectivity index (χ3v) is 3.60. The molecule has 148 valence electrons. The average Bonchev–Trinajstić information content (AvgIpc) is 2.64. The number of hydrogen-bond donors (Lipinski definition) is 2. The van der Waals surface area contributed by atoms with E-state index < -0.39 is 0 Å². The second-order valence-electron chi connectivity index (χ2n) is 6.08. The van der Waals surface area contributed by atoms with E-state index in [9.17, 15) is 0 Å². The van der Waals surface area contributed by atoms with Gasteiger partial charge in [-0.15, -0.1) is 0 Å². The predicted octanol–water partition coefficient (Wildman–Crippen LogP) is 2.04. The van der Waals surface area contributed by atoms with Crippen LogP contribution in [0.2, 0.25) is 0 Å². The average molecular weight is 366 g/mol. The summed E-state index contributed by atoms with van der Waals surface area (Å²) in [5.74, 6) is 1.72. The Morgan fingerprint density at radius 1 is 1.12 bits per heavy atom. The summed E-state index contributed by atoms with van der Waals surface area (Å²) >= 11 is 0. The lowest BCUT2D eigenvalue weighted by molar-refractivity contribution is 0.0487. The molecule has 0 aliphatic heterocycles. The van der Waals surface area contributed by atoms with Crippen LogP contribution in [0.3, 0.4) is 0 Å². The maximum atomic E-state index is 5.57. The van der Waals surface area contributed by atoms with Gasteiger partial charge in [0, 0.05) is 45.6 Å². The van der Waals surface area contributed by atoms with Gasteiger partial charge >= 0.3 is 0 Å². The van der Waals surface area contributed by atoms with Crippen molar-refractivity contribution in [1.29, 1.82) is 0 Å². The summed E-state index contributed by atoms with van der Waals surface area (Å²) in [7, 11) is 3.98. The van der Waals surface area contributed by atoms with Crippen molar-refractivity contribution in [3.63, 3.8) is 0 Å². The van der Waals surface area contributed by atoms with Gasteiger partial charge in [0.15, 0.2) is 5.96 Å². The molecule has 0 unspecified atom stereocenters. The summed E-state index contributed by atoms with van der Waals surface area (Å²) in [6, 6.07) is 3.99. The molecule has 1 heterocycles. The summed E-state index contributed by atoms with van der Waals surface area (Å²) in [5, 5.41) is 6.54. The Bertz CT molecular complexity index is 508. The number of hydrogen-bond acceptors (Lipinski definition) is 5. The standard InChI is InChI=1S/C19H35N5O2/c1-5-7-12-25-14-15-26-13-11-22-19(20-6-2)23-16-17-9-8-10-21-18(17)24(3)4/h8-10H,5-7,11-16H2,1-4H3,(H2,20,22,23). The van der Waals surface area contributed by atoms with Gasteiger partial charge in [-0.1, -0.05) is 19.4 Å². The molecule has 7 nitrogen and oxygen atoms in total. The van der Waals surface area contributed by atoms with Crippen LogP contribution in [0.5, 0.6) is 0 Å². The van der Waals surface area contributed by atoms with E-state index in [0.717, 1.165) is 43.3 Å². The first-order chi connectivity index (χ1) is 12.7. The number of unbranched alkanes of at least 4 members (excludes halogenated alkanes) is 1. The summed E-state index contributed by atoms with van der Waals surface area (Å²) in [5.41, 5.74) is 1.09. The van der Waals surface area contributed by atoms with Crippen LogP contribution >= 0.6 is 0 Å². The second kappa shape index (κ2) is 14.3. The van der Waals surface area contributed by atoms with Gasteiger partial charge in [0.25, 0.3) is 0 Å². The molecule has 1 aromatic rings. The van der Waals surface area contributed by atoms with Gasteiger partial charge in [-0.05, 0) is 19.4 Å². The van der Waals surface area contributed by atoms with Crippen LogP contribution in [0.1, 0.15) is 32.3 Å². The third-order valence-electron chi connectivity index (χ3n) is 3.60. The monoisotopic (exact) mass is 365 g/mol. The molecule has 7 heteroatoms. The van der Waals surface area contributed by atoms with Crippen LogP contribution in [0, 0.1) is 0 Å². The Morgan fingerprint density at radius 3 is 2.58 bits per heavy atom. The number of anilines is 1. The van der Waals surface area contributed by atoms with Crippen LogP contribution in [-0.4, -0.2) is 64.6 Å². The number of nitrogens with one attached hydrogen (secondary N) is 2. The molecule has 0 amide bonds. The molecular formula is C19H35N5O2. The van der Waals surface area contributed by atoms with Crippen molar-refractivity contribution in [3.05, 3.63) is 23.9 Å². The lowest BCUT2D eigenvalue weighted by atomic mass is 10.2. The van der Waals surface area contributed by atoms with Crippen LogP contribution in [0.4, 0.5) is 5.82 Å². The van der Waals surface area contributed by atoms with Crippen molar-refractivity contribution in [2.75, 3.05) is 58.5 Å². The van der Waals surface area contributed by atoms with Gasteiger partial charge in [-0.3, -0.25) is 0 Å². The number of rotatable bonds is 13. The smallest absolute Gasteiger partial charge is 0.191 e. The molecule has 0 aromatic carbocycles. The van der Waals surface area contributed by atoms with Crippen LogP contribution < -0.4 is 15.5 Å². The topological polar surface area (TPSA) is 71.0 Å². The molecule has 26 heavy (non-hydrogen) atoms. The predicted molar refractivity (Wildman–Crippen MR) is 108 cm³/mol. The van der Waals surface area contributed by atoms with Gasteiger partial charge < -0.3 is 25.0 Å². The van der Waals surface area contributed by atoms with Gasteiger partial charge in [0.05, 0.1) is 26.4 Å². The normalized spacial score (nSPS) is 11.5. The molecule has 0 bridgehead atoms. The number of aromatic nitrogens is 1. The lowest BCUT2D eigenvalue weighted by Crippen LogP contribution is -2.39. The van der Waals surface area contributed by atoms with Crippen molar-refractivity contribution < 1.29 is 9.47 Å². The Labute approximate surface area is 158 Å². The van der Waals surface area contributed by atoms with Gasteiger partial charge in [-0.25, -0.2) is 9.98 Å². The Hall–Kier alpha value is -1.86. The molecule has 0 atom stereocenters. The summed E-state index contributed by atoms with van der Waals surface area (Å²) < 4.78 is 11.0. The van der Waals surface area contributed by atoms with Crippen LogP contribution in [0.25, 0.3) is 0 Å². The summed E-state index contributed by atoms with van der Waals surface area (Å²) in [6.07, 6.45) is 4.07. The molecule has 0 aliphatic rings. The Kier molecular flexibility index (Phi) is 12.2. The molecule has 0 saturated heterocycles. The second-order valence-corrected chi connectivity index (χ2v) is 6.08. The van der Waals surface area contributed by atoms with E-state index in [2.05, 4.69) is 40.5 Å². The minimum Gasteiger partial charge on any atom is -0.379 e. The number of aliphatic imine (C=N–C) groups is 1. The molecule has 0 fully saturated rings. The molecule has 1 rings (SSSR count). The number of guanidine groups is 1. The molecule has 0 saturated carbocycles. The lowest BCUT2D eigenvalue weighted by Gasteiger charge is -2.15. The van der Waals surface area contributed by atoms with Crippen molar-refractivity contribution in [1.82, 2.24) is 15.6 Å². The van der Waals surface area contributed by atoms with E-state index in [1.54, 1.807) is 6.20 Å². The Morgan fingerprint density at radius 2 is 1.88 bits per heavy atom. The van der Waals surface area contributed by atoms with Crippen molar-refractivity contribution in [2.24, 2.45) is 4.99 Å². The van der Waals surface area contributed by atoms with Crippen molar-refractivity contribution in [2.45, 2.75) is 33.2 Å². The SMILES string of the molecule is CCCCOCCOCCNC(=NCc1cccnc1N(C)C)NCC. The molecule has 0 radical (unpaired) electrons. The van der Waals surface area contributed by atoms with E-state index in [1.807, 2.05) is 25.1 Å². The minimum atomic E-state index is 0.572. The zero-order valence-corrected chi connectivity index (χ0v) is 16.8. The largest absolute Gasteiger partial charge is 0.379 e. The van der Waals surface area contributed by atoms with Crippen LogP contribution in [0.15, 0.2) is 23.3 Å². The number of ether oxygens (including phenoxy) is 2. The highest BCUT2D eigenvalue weighted by Crippen LogP contribution is 2.15. The fourth-order valence-corrected chi connectivity index (χ4v) is 2.27. The fraction of sp³-hybridized carbons (Fsp3) is 0.684. The van der Waals surface area contributed by atoms with Crippen molar-refractivity contribution in [3.8, 4) is 0 Å². The highest BCUT2D eigenvalue weighted by molar-refractivity contribution is 5.79. The van der Waals surface area contributed by atoms with Crippen LogP contribution in [-0.2, 0) is 16.0 Å².